The number of carbonyl (C=O) groups is 3. The van der Waals surface area contributed by atoms with E-state index in [9.17, 15) is 14.4 Å². The summed E-state index contributed by atoms with van der Waals surface area (Å²) in [6.07, 6.45) is 63.4. The molecule has 0 spiro atoms. The standard InChI is InChI=1S/C53H82O6/c1-4-7-10-13-16-19-21-23-24-25-26-27-28-30-31-34-37-40-43-46-52(55)58-49-50(48-57-51(54)45-42-39-36-33-18-15-12-9-6-3)59-53(56)47-44-41-38-35-32-29-22-20-17-14-11-8-5-2/h7-12,14,16-20,22-24,26-27,30-31,33,50H,4-6,13,15,21,25,28-29,32,34-49H2,1-3H3/b10-7-,11-8-,12-9-,17-14-,19-16-,22-20-,24-23-,27-26-,31-30-,33-18-. The van der Waals surface area contributed by atoms with Gasteiger partial charge < -0.3 is 14.2 Å². The second-order valence-electron chi connectivity index (χ2n) is 14.6. The fourth-order valence-corrected chi connectivity index (χ4v) is 5.62. The summed E-state index contributed by atoms with van der Waals surface area (Å²) in [7, 11) is 0. The van der Waals surface area contributed by atoms with Crippen molar-refractivity contribution in [2.45, 2.75) is 181 Å². The van der Waals surface area contributed by atoms with Crippen molar-refractivity contribution in [1.29, 1.82) is 0 Å². The van der Waals surface area contributed by atoms with Gasteiger partial charge in [0.2, 0.25) is 0 Å². The number of esters is 3. The molecular weight excluding hydrogens is 733 g/mol. The third kappa shape index (κ3) is 44.8. The third-order valence-electron chi connectivity index (χ3n) is 9.00. The van der Waals surface area contributed by atoms with Crippen LogP contribution in [0.15, 0.2) is 122 Å². The summed E-state index contributed by atoms with van der Waals surface area (Å²) in [5.41, 5.74) is 0. The molecule has 0 bridgehead atoms. The molecule has 0 amide bonds. The lowest BCUT2D eigenvalue weighted by Gasteiger charge is -2.18. The summed E-state index contributed by atoms with van der Waals surface area (Å²) in [6, 6.07) is 0. The summed E-state index contributed by atoms with van der Waals surface area (Å²) in [6.45, 7) is 6.15. The summed E-state index contributed by atoms with van der Waals surface area (Å²) in [5.74, 6) is -1.02. The number of allylic oxidation sites excluding steroid dienone is 20. The smallest absolute Gasteiger partial charge is 0.306 e. The van der Waals surface area contributed by atoms with Crippen LogP contribution in [0.4, 0.5) is 0 Å². The highest BCUT2D eigenvalue weighted by Crippen LogP contribution is 2.11. The average Bonchev–Trinajstić information content (AvgIpc) is 3.23. The molecule has 0 fully saturated rings. The minimum atomic E-state index is -0.817. The van der Waals surface area contributed by atoms with E-state index in [2.05, 4.69) is 136 Å². The van der Waals surface area contributed by atoms with Gasteiger partial charge in [0.05, 0.1) is 0 Å². The second-order valence-corrected chi connectivity index (χ2v) is 14.6. The maximum atomic E-state index is 12.7. The molecule has 0 aliphatic carbocycles. The first-order chi connectivity index (χ1) is 29.0. The minimum absolute atomic E-state index is 0.118. The Morgan fingerprint density at radius 1 is 0.356 bits per heavy atom. The van der Waals surface area contributed by atoms with Gasteiger partial charge in [0.1, 0.15) is 13.2 Å². The van der Waals surface area contributed by atoms with Crippen molar-refractivity contribution in [1.82, 2.24) is 0 Å². The van der Waals surface area contributed by atoms with Crippen LogP contribution in [0.1, 0.15) is 175 Å². The zero-order valence-electron chi connectivity index (χ0n) is 37.5. The molecule has 0 aliphatic rings. The number of hydrogen-bond acceptors (Lipinski definition) is 6. The van der Waals surface area contributed by atoms with Gasteiger partial charge in [-0.2, -0.15) is 0 Å². The molecule has 6 nitrogen and oxygen atoms in total. The Kier molecular flexibility index (Phi) is 43.2. The lowest BCUT2D eigenvalue weighted by molar-refractivity contribution is -0.167. The van der Waals surface area contributed by atoms with Gasteiger partial charge in [-0.05, 0) is 109 Å². The van der Waals surface area contributed by atoms with Crippen molar-refractivity contribution < 1.29 is 28.6 Å². The van der Waals surface area contributed by atoms with E-state index < -0.39 is 6.10 Å². The molecule has 59 heavy (non-hydrogen) atoms. The number of rotatable bonds is 39. The molecule has 330 valence electrons. The topological polar surface area (TPSA) is 78.9 Å². The van der Waals surface area contributed by atoms with E-state index in [0.717, 1.165) is 135 Å². The zero-order chi connectivity index (χ0) is 43.0. The molecule has 0 heterocycles. The number of carbonyl (C=O) groups excluding carboxylic acids is 3. The fraction of sp³-hybridized carbons (Fsp3) is 0.566. The van der Waals surface area contributed by atoms with Crippen LogP contribution in [0.5, 0.6) is 0 Å². The molecule has 0 aromatic heterocycles. The van der Waals surface area contributed by atoms with E-state index in [-0.39, 0.29) is 37.5 Å². The highest BCUT2D eigenvalue weighted by Gasteiger charge is 2.19. The normalized spacial score (nSPS) is 13.2. The summed E-state index contributed by atoms with van der Waals surface area (Å²) in [4.78, 5) is 37.7. The van der Waals surface area contributed by atoms with Crippen LogP contribution < -0.4 is 0 Å². The average molecular weight is 815 g/mol. The Morgan fingerprint density at radius 2 is 0.695 bits per heavy atom. The van der Waals surface area contributed by atoms with Crippen molar-refractivity contribution in [2.24, 2.45) is 0 Å². The minimum Gasteiger partial charge on any atom is -0.462 e. The summed E-state index contributed by atoms with van der Waals surface area (Å²) in [5, 5.41) is 0. The number of ether oxygens (including phenoxy) is 3. The largest absolute Gasteiger partial charge is 0.462 e. The summed E-state index contributed by atoms with van der Waals surface area (Å²) >= 11 is 0. The van der Waals surface area contributed by atoms with E-state index >= 15 is 0 Å². The first-order valence-electron chi connectivity index (χ1n) is 23.1. The van der Waals surface area contributed by atoms with Crippen LogP contribution in [0.2, 0.25) is 0 Å². The predicted octanol–water partition coefficient (Wildman–Crippen LogP) is 15.0. The van der Waals surface area contributed by atoms with Crippen LogP contribution in [0, 0.1) is 0 Å². The molecule has 0 radical (unpaired) electrons. The highest BCUT2D eigenvalue weighted by atomic mass is 16.6. The van der Waals surface area contributed by atoms with Crippen LogP contribution >= 0.6 is 0 Å². The molecule has 1 atom stereocenters. The van der Waals surface area contributed by atoms with Crippen molar-refractivity contribution >= 4 is 17.9 Å². The third-order valence-corrected chi connectivity index (χ3v) is 9.00. The zero-order valence-corrected chi connectivity index (χ0v) is 37.5. The van der Waals surface area contributed by atoms with Gasteiger partial charge in [-0.25, -0.2) is 0 Å². The van der Waals surface area contributed by atoms with Gasteiger partial charge >= 0.3 is 17.9 Å². The van der Waals surface area contributed by atoms with E-state index in [1.807, 2.05) is 6.08 Å². The van der Waals surface area contributed by atoms with E-state index in [4.69, 9.17) is 14.2 Å². The molecule has 0 aromatic carbocycles. The predicted molar refractivity (Wildman–Crippen MR) is 251 cm³/mol. The Bertz CT molecular complexity index is 1300. The fourth-order valence-electron chi connectivity index (χ4n) is 5.62. The number of unbranched alkanes of at least 4 members (excludes halogenated alkanes) is 10. The Morgan fingerprint density at radius 3 is 1.19 bits per heavy atom. The van der Waals surface area contributed by atoms with Crippen molar-refractivity contribution in [3.8, 4) is 0 Å². The first-order valence-corrected chi connectivity index (χ1v) is 23.1. The van der Waals surface area contributed by atoms with E-state index in [0.29, 0.717) is 12.8 Å². The maximum Gasteiger partial charge on any atom is 0.306 e. The molecule has 0 rings (SSSR count). The quantitative estimate of drug-likeness (QED) is 0.0202. The monoisotopic (exact) mass is 815 g/mol. The Labute approximate surface area is 361 Å². The molecule has 0 aromatic rings. The van der Waals surface area contributed by atoms with E-state index in [1.165, 1.54) is 0 Å². The van der Waals surface area contributed by atoms with Crippen molar-refractivity contribution in [2.75, 3.05) is 13.2 Å². The summed E-state index contributed by atoms with van der Waals surface area (Å²) < 4.78 is 16.6. The lowest BCUT2D eigenvalue weighted by atomic mass is 10.1. The number of hydrogen-bond donors (Lipinski definition) is 0. The van der Waals surface area contributed by atoms with Crippen LogP contribution in [-0.2, 0) is 28.6 Å². The van der Waals surface area contributed by atoms with Gasteiger partial charge in [0.25, 0.3) is 0 Å². The van der Waals surface area contributed by atoms with Gasteiger partial charge in [-0.3, -0.25) is 14.4 Å². The molecule has 0 saturated carbocycles. The molecule has 1 unspecified atom stereocenters. The van der Waals surface area contributed by atoms with Crippen molar-refractivity contribution in [3.63, 3.8) is 0 Å². The van der Waals surface area contributed by atoms with Gasteiger partial charge in [-0.15, -0.1) is 0 Å². The Hall–Kier alpha value is -4.19. The second kappa shape index (κ2) is 46.5. The van der Waals surface area contributed by atoms with E-state index in [1.54, 1.807) is 0 Å². The first kappa shape index (κ1) is 54.8. The molecule has 0 aliphatic heterocycles. The van der Waals surface area contributed by atoms with Crippen LogP contribution in [0.3, 0.4) is 0 Å². The molecule has 0 N–H and O–H groups in total. The maximum absolute atomic E-state index is 12.7. The van der Waals surface area contributed by atoms with Crippen molar-refractivity contribution in [3.05, 3.63) is 122 Å². The molecule has 0 saturated heterocycles. The lowest BCUT2D eigenvalue weighted by Crippen LogP contribution is -2.30. The van der Waals surface area contributed by atoms with Gasteiger partial charge in [0.15, 0.2) is 6.10 Å². The molecule has 6 heteroatoms. The van der Waals surface area contributed by atoms with Gasteiger partial charge in [0, 0.05) is 19.3 Å². The van der Waals surface area contributed by atoms with Crippen LogP contribution in [0.25, 0.3) is 0 Å². The molecular formula is C53H82O6. The SMILES string of the molecule is CC\C=C/C=C\C=C/CCCCCCCC(=O)OC(COC(=O)CCCC/C=C\C/C=C\CC)COC(=O)CCCCC/C=C\C/C=C\C/C=C\C/C=C\C/C=C\CC. The van der Waals surface area contributed by atoms with Gasteiger partial charge in [-0.1, -0.05) is 168 Å². The van der Waals surface area contributed by atoms with Crippen LogP contribution in [-0.4, -0.2) is 37.2 Å². The Balaban J connectivity index is 4.48. The highest BCUT2D eigenvalue weighted by molar-refractivity contribution is 5.71.